The van der Waals surface area contributed by atoms with Gasteiger partial charge in [0.15, 0.2) is 0 Å². The summed E-state index contributed by atoms with van der Waals surface area (Å²) < 4.78 is 0. The highest BCUT2D eigenvalue weighted by molar-refractivity contribution is 7.14. The second-order valence-electron chi connectivity index (χ2n) is 4.99. The summed E-state index contributed by atoms with van der Waals surface area (Å²) >= 11 is 1.63. The topological polar surface area (TPSA) is 41.1 Å². The summed E-state index contributed by atoms with van der Waals surface area (Å²) in [6, 6.07) is 2.01. The molecule has 0 aromatic carbocycles. The van der Waals surface area contributed by atoms with Gasteiger partial charge in [0, 0.05) is 11.4 Å². The molecular weight excluding hydrogens is 280 g/mol. The summed E-state index contributed by atoms with van der Waals surface area (Å²) in [4.78, 5) is 14.2. The van der Waals surface area contributed by atoms with Crippen LogP contribution in [-0.2, 0) is 6.42 Å². The number of nitrogens with one attached hydrogen (secondary N) is 2. The van der Waals surface area contributed by atoms with E-state index in [0.717, 1.165) is 30.9 Å². The molecule has 1 aliphatic heterocycles. The number of thiophene rings is 1. The van der Waals surface area contributed by atoms with Crippen molar-refractivity contribution in [3.8, 4) is 0 Å². The van der Waals surface area contributed by atoms with Crippen molar-refractivity contribution in [2.75, 3.05) is 19.6 Å². The van der Waals surface area contributed by atoms with Gasteiger partial charge in [-0.2, -0.15) is 0 Å². The fourth-order valence-electron chi connectivity index (χ4n) is 2.41. The van der Waals surface area contributed by atoms with Gasteiger partial charge in [-0.1, -0.05) is 6.92 Å². The first kappa shape index (κ1) is 16.5. The van der Waals surface area contributed by atoms with Crippen LogP contribution in [0.3, 0.4) is 0 Å². The largest absolute Gasteiger partial charge is 0.351 e. The standard InChI is InChI=1S/C14H22N2OS.ClH/c1-3-12-10(2)7-13(18-12)14(17)16-9-11-5-4-6-15-8-11;/h7,11,15H,3-6,8-9H2,1-2H3,(H,16,17);1H. The summed E-state index contributed by atoms with van der Waals surface area (Å²) in [5.74, 6) is 0.683. The van der Waals surface area contributed by atoms with Gasteiger partial charge in [0.25, 0.3) is 5.91 Å². The number of carbonyl (C=O) groups excluding carboxylic acids is 1. The van der Waals surface area contributed by atoms with E-state index in [1.807, 2.05) is 6.07 Å². The Labute approximate surface area is 125 Å². The first-order valence-electron chi connectivity index (χ1n) is 6.79. The molecule has 2 heterocycles. The Morgan fingerprint density at radius 2 is 2.37 bits per heavy atom. The third-order valence-corrected chi connectivity index (χ3v) is 4.90. The second kappa shape index (κ2) is 7.88. The Kier molecular flexibility index (Phi) is 6.83. The van der Waals surface area contributed by atoms with Crippen molar-refractivity contribution in [3.63, 3.8) is 0 Å². The second-order valence-corrected chi connectivity index (χ2v) is 6.13. The molecule has 0 aliphatic carbocycles. The van der Waals surface area contributed by atoms with E-state index in [1.165, 1.54) is 23.3 Å². The molecule has 2 rings (SSSR count). The average Bonchev–Trinajstić information content (AvgIpc) is 2.78. The van der Waals surface area contributed by atoms with Gasteiger partial charge in [-0.05, 0) is 56.8 Å². The molecule has 1 atom stereocenters. The number of halogens is 1. The predicted octanol–water partition coefficient (Wildman–Crippen LogP) is 2.77. The lowest BCUT2D eigenvalue weighted by Gasteiger charge is -2.22. The van der Waals surface area contributed by atoms with Crippen LogP contribution in [0.2, 0.25) is 0 Å². The first-order valence-corrected chi connectivity index (χ1v) is 7.60. The molecule has 5 heteroatoms. The van der Waals surface area contributed by atoms with Crippen molar-refractivity contribution in [2.45, 2.75) is 33.1 Å². The van der Waals surface area contributed by atoms with Gasteiger partial charge >= 0.3 is 0 Å². The van der Waals surface area contributed by atoms with E-state index >= 15 is 0 Å². The van der Waals surface area contributed by atoms with Crippen molar-refractivity contribution in [1.29, 1.82) is 0 Å². The summed E-state index contributed by atoms with van der Waals surface area (Å²) in [6.45, 7) is 7.16. The highest BCUT2D eigenvalue weighted by Crippen LogP contribution is 2.22. The Hall–Kier alpha value is -0.580. The Morgan fingerprint density at radius 1 is 1.58 bits per heavy atom. The SMILES string of the molecule is CCc1sc(C(=O)NCC2CCCNC2)cc1C.Cl. The zero-order valence-electron chi connectivity index (χ0n) is 11.6. The molecule has 1 saturated heterocycles. The molecular formula is C14H23ClN2OS. The van der Waals surface area contributed by atoms with Gasteiger partial charge in [0.1, 0.15) is 0 Å². The van der Waals surface area contributed by atoms with Crippen molar-refractivity contribution in [3.05, 3.63) is 21.4 Å². The van der Waals surface area contributed by atoms with Gasteiger partial charge in [0.05, 0.1) is 4.88 Å². The quantitative estimate of drug-likeness (QED) is 0.898. The van der Waals surface area contributed by atoms with Gasteiger partial charge in [-0.25, -0.2) is 0 Å². The Bertz CT molecular complexity index is 414. The molecule has 2 N–H and O–H groups in total. The van der Waals surface area contributed by atoms with Crippen LogP contribution in [0, 0.1) is 12.8 Å². The van der Waals surface area contributed by atoms with Crippen LogP contribution in [0.1, 0.15) is 39.9 Å². The summed E-state index contributed by atoms with van der Waals surface area (Å²) in [5.41, 5.74) is 1.24. The molecule has 0 spiro atoms. The van der Waals surface area contributed by atoms with Crippen molar-refractivity contribution in [2.24, 2.45) is 5.92 Å². The smallest absolute Gasteiger partial charge is 0.261 e. The molecule has 3 nitrogen and oxygen atoms in total. The third-order valence-electron chi connectivity index (χ3n) is 3.52. The minimum absolute atomic E-state index is 0. The molecule has 108 valence electrons. The lowest BCUT2D eigenvalue weighted by Crippen LogP contribution is -2.37. The van der Waals surface area contributed by atoms with Crippen molar-refractivity contribution < 1.29 is 4.79 Å². The molecule has 1 aromatic rings. The van der Waals surface area contributed by atoms with E-state index in [0.29, 0.717) is 5.92 Å². The number of aryl methyl sites for hydroxylation is 2. The molecule has 1 unspecified atom stereocenters. The normalized spacial score (nSPS) is 18.7. The van der Waals surface area contributed by atoms with E-state index in [-0.39, 0.29) is 18.3 Å². The molecule has 0 bridgehead atoms. The summed E-state index contributed by atoms with van der Waals surface area (Å²) in [7, 11) is 0. The Morgan fingerprint density at radius 3 is 2.95 bits per heavy atom. The molecule has 19 heavy (non-hydrogen) atoms. The van der Waals surface area contributed by atoms with E-state index in [9.17, 15) is 4.79 Å². The minimum atomic E-state index is 0. The summed E-state index contributed by atoms with van der Waals surface area (Å²) in [5, 5.41) is 6.44. The number of rotatable bonds is 4. The number of hydrogen-bond donors (Lipinski definition) is 2. The van der Waals surface area contributed by atoms with Crippen molar-refractivity contribution in [1.82, 2.24) is 10.6 Å². The van der Waals surface area contributed by atoms with Gasteiger partial charge < -0.3 is 10.6 Å². The van der Waals surface area contributed by atoms with Gasteiger partial charge in [-0.3, -0.25) is 4.79 Å². The maximum atomic E-state index is 12.0. The fourth-order valence-corrected chi connectivity index (χ4v) is 3.44. The number of amides is 1. The zero-order chi connectivity index (χ0) is 13.0. The maximum absolute atomic E-state index is 12.0. The van der Waals surface area contributed by atoms with Crippen LogP contribution in [0.25, 0.3) is 0 Å². The Balaban J connectivity index is 0.00000180. The highest BCUT2D eigenvalue weighted by Gasteiger charge is 2.16. The summed E-state index contributed by atoms with van der Waals surface area (Å²) in [6.07, 6.45) is 3.45. The van der Waals surface area contributed by atoms with Crippen molar-refractivity contribution >= 4 is 29.7 Å². The lowest BCUT2D eigenvalue weighted by atomic mass is 10.00. The molecule has 0 saturated carbocycles. The van der Waals surface area contributed by atoms with Crippen LogP contribution in [0.4, 0.5) is 0 Å². The monoisotopic (exact) mass is 302 g/mol. The molecule has 1 fully saturated rings. The van der Waals surface area contributed by atoms with E-state index in [2.05, 4.69) is 24.5 Å². The first-order chi connectivity index (χ1) is 8.70. The van der Waals surface area contributed by atoms with Gasteiger partial charge in [-0.15, -0.1) is 23.7 Å². The number of hydrogen-bond acceptors (Lipinski definition) is 3. The third kappa shape index (κ3) is 4.48. The zero-order valence-corrected chi connectivity index (χ0v) is 13.3. The van der Waals surface area contributed by atoms with E-state index in [1.54, 1.807) is 11.3 Å². The number of carbonyl (C=O) groups is 1. The van der Waals surface area contributed by atoms with Crippen LogP contribution in [0.5, 0.6) is 0 Å². The molecule has 1 aromatic heterocycles. The van der Waals surface area contributed by atoms with Crippen LogP contribution in [-0.4, -0.2) is 25.5 Å². The van der Waals surface area contributed by atoms with E-state index < -0.39 is 0 Å². The highest BCUT2D eigenvalue weighted by atomic mass is 35.5. The number of piperidine rings is 1. The van der Waals surface area contributed by atoms with Crippen LogP contribution >= 0.6 is 23.7 Å². The molecule has 0 radical (unpaired) electrons. The fraction of sp³-hybridized carbons (Fsp3) is 0.643. The van der Waals surface area contributed by atoms with E-state index in [4.69, 9.17) is 0 Å². The molecule has 1 aliphatic rings. The van der Waals surface area contributed by atoms with Gasteiger partial charge in [0.2, 0.25) is 0 Å². The minimum Gasteiger partial charge on any atom is -0.351 e. The average molecular weight is 303 g/mol. The molecule has 1 amide bonds. The maximum Gasteiger partial charge on any atom is 0.261 e. The van der Waals surface area contributed by atoms with Crippen LogP contribution < -0.4 is 10.6 Å². The predicted molar refractivity (Wildman–Crippen MR) is 83.6 cm³/mol. The lowest BCUT2D eigenvalue weighted by molar-refractivity contribution is 0.0949. The van der Waals surface area contributed by atoms with Crippen LogP contribution in [0.15, 0.2) is 6.07 Å².